The Hall–Kier alpha value is -1.20. The largest absolute Gasteiger partial charge is 0.523 e. The molecule has 1 atom stereocenters. The second-order valence-corrected chi connectivity index (χ2v) is 10.4. The molecule has 1 unspecified atom stereocenters. The van der Waals surface area contributed by atoms with Gasteiger partial charge in [-0.1, -0.05) is 44.4 Å². The average Bonchev–Trinajstić information content (AvgIpc) is 2.85. The van der Waals surface area contributed by atoms with Crippen LogP contribution in [-0.2, 0) is 13.7 Å². The van der Waals surface area contributed by atoms with Crippen molar-refractivity contribution in [1.82, 2.24) is 0 Å². The monoisotopic (exact) mass is 436 g/mol. The number of hydrogen-bond donors (Lipinski definition) is 0. The van der Waals surface area contributed by atoms with Crippen LogP contribution >= 0.6 is 10.3 Å². The lowest BCUT2D eigenvalue weighted by molar-refractivity contribution is -0.0546. The minimum Gasteiger partial charge on any atom is -0.196 e. The molecule has 0 saturated heterocycles. The molecule has 0 fully saturated rings. The third-order valence-corrected chi connectivity index (χ3v) is 8.80. The van der Waals surface area contributed by atoms with E-state index in [-0.39, 0.29) is 18.4 Å². The highest BCUT2D eigenvalue weighted by Crippen LogP contribution is 2.78. The first-order valence-corrected chi connectivity index (χ1v) is 11.0. The molecule has 0 amide bonds. The van der Waals surface area contributed by atoms with Crippen LogP contribution in [0.4, 0.5) is 26.3 Å². The second kappa shape index (κ2) is 7.67. The summed E-state index contributed by atoms with van der Waals surface area (Å²) in [5.74, 6) is 0. The van der Waals surface area contributed by atoms with Crippen LogP contribution in [0.2, 0.25) is 0 Å². The normalized spacial score (nSPS) is 22.9. The third-order valence-electron chi connectivity index (χ3n) is 3.99. The van der Waals surface area contributed by atoms with Gasteiger partial charge in [-0.05, 0) is 30.5 Å². The Morgan fingerprint density at radius 3 is 2.19 bits per heavy atom. The van der Waals surface area contributed by atoms with Crippen LogP contribution < -0.4 is 0 Å². The fourth-order valence-corrected chi connectivity index (χ4v) is 7.38. The van der Waals surface area contributed by atoms with E-state index in [4.69, 9.17) is 0 Å². The van der Waals surface area contributed by atoms with Crippen molar-refractivity contribution in [3.63, 3.8) is 0 Å². The van der Waals surface area contributed by atoms with Crippen molar-refractivity contribution in [2.75, 3.05) is 0 Å². The molecule has 11 heteroatoms. The van der Waals surface area contributed by atoms with Gasteiger partial charge in [-0.25, -0.2) is 0 Å². The summed E-state index contributed by atoms with van der Waals surface area (Å²) in [5, 5.41) is 0. The molecule has 27 heavy (non-hydrogen) atoms. The molecule has 1 heterocycles. The van der Waals surface area contributed by atoms with Gasteiger partial charge >= 0.3 is 21.1 Å². The SMILES string of the molecule is CCCCCCC1=Cc2ccccc2S1(OS(=O)(=O)C(F)(F)F)C(F)(F)F. The van der Waals surface area contributed by atoms with Gasteiger partial charge in [0, 0.05) is 20.1 Å². The summed E-state index contributed by atoms with van der Waals surface area (Å²) < 4.78 is 108. The van der Waals surface area contributed by atoms with Gasteiger partial charge in [-0.3, -0.25) is 0 Å². The molecule has 0 spiro atoms. The molecule has 1 aliphatic rings. The number of benzene rings is 1. The number of rotatable bonds is 7. The minimum absolute atomic E-state index is 0.0210. The second-order valence-electron chi connectivity index (χ2n) is 5.93. The van der Waals surface area contributed by atoms with Crippen molar-refractivity contribution < 1.29 is 38.4 Å². The van der Waals surface area contributed by atoms with Crippen LogP contribution in [0.25, 0.3) is 6.08 Å². The summed E-state index contributed by atoms with van der Waals surface area (Å²) in [7, 11) is -11.3. The quantitative estimate of drug-likeness (QED) is 0.279. The molecule has 0 saturated carbocycles. The maximum absolute atomic E-state index is 14.1. The molecule has 0 aromatic heterocycles. The number of unbranched alkanes of at least 4 members (excludes halogenated alkanes) is 3. The van der Waals surface area contributed by atoms with E-state index >= 15 is 0 Å². The van der Waals surface area contributed by atoms with Gasteiger partial charge in [-0.2, -0.15) is 38.4 Å². The fourth-order valence-electron chi connectivity index (χ4n) is 2.77. The predicted molar refractivity (Wildman–Crippen MR) is 91.1 cm³/mol. The van der Waals surface area contributed by atoms with E-state index in [9.17, 15) is 34.8 Å². The Morgan fingerprint density at radius 1 is 1.00 bits per heavy atom. The Morgan fingerprint density at radius 2 is 1.63 bits per heavy atom. The van der Waals surface area contributed by atoms with Crippen LogP contribution in [0, 0.1) is 0 Å². The lowest BCUT2D eigenvalue weighted by Crippen LogP contribution is -2.32. The maximum atomic E-state index is 14.1. The molecule has 1 aromatic rings. The Balaban J connectivity index is 2.58. The summed E-state index contributed by atoms with van der Waals surface area (Å²) >= 11 is 0. The first-order chi connectivity index (χ1) is 12.4. The first-order valence-electron chi connectivity index (χ1n) is 8.08. The summed E-state index contributed by atoms with van der Waals surface area (Å²) in [6.07, 6.45) is 3.33. The fraction of sp³-hybridized carbons (Fsp3) is 0.500. The van der Waals surface area contributed by atoms with Gasteiger partial charge < -0.3 is 0 Å². The number of allylic oxidation sites excluding steroid dienone is 1. The van der Waals surface area contributed by atoms with Crippen molar-refractivity contribution in [3.8, 4) is 0 Å². The zero-order valence-electron chi connectivity index (χ0n) is 14.2. The molecule has 154 valence electrons. The zero-order valence-corrected chi connectivity index (χ0v) is 15.9. The molecule has 2 rings (SSSR count). The van der Waals surface area contributed by atoms with Gasteiger partial charge in [0.05, 0.1) is 0 Å². The Kier molecular flexibility index (Phi) is 6.27. The molecule has 0 aliphatic carbocycles. The van der Waals surface area contributed by atoms with Crippen molar-refractivity contribution in [1.29, 1.82) is 0 Å². The Labute approximate surface area is 155 Å². The molecular formula is C16H18F6O3S2. The number of halogens is 6. The van der Waals surface area contributed by atoms with Crippen molar-refractivity contribution in [2.45, 2.75) is 54.9 Å². The first kappa shape index (κ1) is 22.1. The van der Waals surface area contributed by atoms with E-state index in [0.29, 0.717) is 6.42 Å². The highest BCUT2D eigenvalue weighted by Gasteiger charge is 2.63. The summed E-state index contributed by atoms with van der Waals surface area (Å²) in [4.78, 5) is -1.03. The molecule has 1 aliphatic heterocycles. The molecule has 1 aromatic carbocycles. The van der Waals surface area contributed by atoms with Crippen LogP contribution in [0.15, 0.2) is 34.1 Å². The number of fused-ring (bicyclic) bond motifs is 1. The maximum Gasteiger partial charge on any atom is 0.523 e. The standard InChI is InChI=1S/C16H18F6O3S2/c1-2-3-4-5-9-13-11-12-8-6-7-10-14(12)26(13,15(17,18)19)25-27(23,24)16(20,21)22/h6-8,10-11H,2-5,9H2,1H3. The van der Waals surface area contributed by atoms with E-state index in [2.05, 4.69) is 3.63 Å². The molecule has 0 radical (unpaired) electrons. The van der Waals surface area contributed by atoms with Gasteiger partial charge in [0.1, 0.15) is 0 Å². The molecule has 0 bridgehead atoms. The molecule has 0 N–H and O–H groups in total. The van der Waals surface area contributed by atoms with E-state index in [1.807, 2.05) is 6.92 Å². The van der Waals surface area contributed by atoms with Crippen molar-refractivity contribution >= 4 is 26.5 Å². The van der Waals surface area contributed by atoms with Crippen molar-refractivity contribution in [2.24, 2.45) is 0 Å². The highest BCUT2D eigenvalue weighted by atomic mass is 32.3. The van der Waals surface area contributed by atoms with E-state index < -0.39 is 41.2 Å². The van der Waals surface area contributed by atoms with Gasteiger partial charge in [-0.15, -0.1) is 0 Å². The number of hydrogen-bond acceptors (Lipinski definition) is 3. The zero-order chi connectivity index (χ0) is 20.5. The van der Waals surface area contributed by atoms with Crippen LogP contribution in [0.1, 0.15) is 44.6 Å². The van der Waals surface area contributed by atoms with Gasteiger partial charge in [0.15, 0.2) is 0 Å². The summed E-state index contributed by atoms with van der Waals surface area (Å²) in [5.41, 5.74) is -11.3. The lowest BCUT2D eigenvalue weighted by atomic mass is 10.1. The van der Waals surface area contributed by atoms with E-state index in [0.717, 1.165) is 25.0 Å². The number of alkyl halides is 6. The van der Waals surface area contributed by atoms with Crippen LogP contribution in [0.3, 0.4) is 0 Å². The lowest BCUT2D eigenvalue weighted by Gasteiger charge is -2.39. The van der Waals surface area contributed by atoms with Gasteiger partial charge in [0.2, 0.25) is 0 Å². The van der Waals surface area contributed by atoms with E-state index in [1.54, 1.807) is 0 Å². The Bertz CT molecular complexity index is 814. The topological polar surface area (TPSA) is 43.4 Å². The summed E-state index contributed by atoms with van der Waals surface area (Å²) in [6.45, 7) is 1.90. The van der Waals surface area contributed by atoms with Crippen LogP contribution in [0.5, 0.6) is 0 Å². The third kappa shape index (κ3) is 4.14. The minimum atomic E-state index is -6.46. The molecule has 3 nitrogen and oxygen atoms in total. The average molecular weight is 436 g/mol. The van der Waals surface area contributed by atoms with E-state index in [1.165, 1.54) is 18.2 Å². The summed E-state index contributed by atoms with van der Waals surface area (Å²) in [6, 6.07) is 4.91. The molecular weight excluding hydrogens is 418 g/mol. The predicted octanol–water partition coefficient (Wildman–Crippen LogP) is 6.48. The van der Waals surface area contributed by atoms with Gasteiger partial charge in [0.25, 0.3) is 0 Å². The van der Waals surface area contributed by atoms with Crippen molar-refractivity contribution in [3.05, 3.63) is 34.7 Å². The van der Waals surface area contributed by atoms with Crippen LogP contribution in [-0.4, -0.2) is 19.4 Å². The smallest absolute Gasteiger partial charge is 0.196 e. The highest BCUT2D eigenvalue weighted by molar-refractivity contribution is 8.37.